The van der Waals surface area contributed by atoms with E-state index in [4.69, 9.17) is 16.3 Å². The molecular weight excluding hydrogens is 462 g/mol. The molecule has 0 aliphatic heterocycles. The van der Waals surface area contributed by atoms with E-state index >= 15 is 0 Å². The Morgan fingerprint density at radius 1 is 1.06 bits per heavy atom. The molecule has 1 atom stereocenters. The van der Waals surface area contributed by atoms with Gasteiger partial charge < -0.3 is 14.6 Å². The zero-order valence-electron chi connectivity index (χ0n) is 18.4. The SMILES string of the molecule is CCn1c2ccccc2c2cc(NC(=O)[C@@H](C)NS(=O)(=O)c3cc(Cl)ccc3OC)ccc21. The minimum atomic E-state index is -4.05. The van der Waals surface area contributed by atoms with Crippen LogP contribution in [-0.2, 0) is 21.4 Å². The lowest BCUT2D eigenvalue weighted by Gasteiger charge is -2.16. The van der Waals surface area contributed by atoms with Crippen LogP contribution in [0, 0.1) is 0 Å². The van der Waals surface area contributed by atoms with E-state index in [1.165, 1.54) is 32.2 Å². The van der Waals surface area contributed by atoms with Gasteiger partial charge in [-0.15, -0.1) is 0 Å². The smallest absolute Gasteiger partial charge is 0.245 e. The predicted octanol–water partition coefficient (Wildman–Crippen LogP) is 4.78. The van der Waals surface area contributed by atoms with E-state index in [0.29, 0.717) is 5.69 Å². The van der Waals surface area contributed by atoms with Gasteiger partial charge in [0.1, 0.15) is 10.6 Å². The van der Waals surface area contributed by atoms with Crippen molar-refractivity contribution < 1.29 is 17.9 Å². The number of benzene rings is 3. The van der Waals surface area contributed by atoms with Crippen molar-refractivity contribution in [3.05, 3.63) is 65.7 Å². The van der Waals surface area contributed by atoms with Gasteiger partial charge in [0.2, 0.25) is 15.9 Å². The number of nitrogens with zero attached hydrogens (tertiary/aromatic N) is 1. The summed E-state index contributed by atoms with van der Waals surface area (Å²) < 4.78 is 35.4. The molecule has 7 nitrogen and oxygen atoms in total. The summed E-state index contributed by atoms with van der Waals surface area (Å²) >= 11 is 5.96. The van der Waals surface area contributed by atoms with Crippen molar-refractivity contribution in [2.75, 3.05) is 12.4 Å². The van der Waals surface area contributed by atoms with Gasteiger partial charge in [-0.05, 0) is 56.3 Å². The van der Waals surface area contributed by atoms with Crippen molar-refractivity contribution in [2.45, 2.75) is 31.3 Å². The average molecular weight is 486 g/mol. The van der Waals surface area contributed by atoms with E-state index in [9.17, 15) is 13.2 Å². The monoisotopic (exact) mass is 485 g/mol. The number of methoxy groups -OCH3 is 1. The van der Waals surface area contributed by atoms with Gasteiger partial charge in [0.05, 0.1) is 13.2 Å². The molecule has 9 heteroatoms. The first kappa shape index (κ1) is 23.1. The molecule has 0 saturated carbocycles. The summed E-state index contributed by atoms with van der Waals surface area (Å²) in [6.45, 7) is 4.39. The zero-order valence-corrected chi connectivity index (χ0v) is 20.0. The molecule has 0 aliphatic carbocycles. The van der Waals surface area contributed by atoms with Crippen LogP contribution in [0.3, 0.4) is 0 Å². The minimum Gasteiger partial charge on any atom is -0.495 e. The number of amides is 1. The molecule has 0 spiro atoms. The van der Waals surface area contributed by atoms with E-state index in [1.54, 1.807) is 0 Å². The fraction of sp³-hybridized carbons (Fsp3) is 0.208. The molecule has 3 aromatic carbocycles. The van der Waals surface area contributed by atoms with Crippen LogP contribution in [0.4, 0.5) is 5.69 Å². The van der Waals surface area contributed by atoms with E-state index < -0.39 is 22.0 Å². The third kappa shape index (κ3) is 4.42. The highest BCUT2D eigenvalue weighted by molar-refractivity contribution is 7.89. The van der Waals surface area contributed by atoms with E-state index in [2.05, 4.69) is 27.6 Å². The molecule has 4 rings (SSSR count). The Labute approximate surface area is 197 Å². The number of para-hydroxylation sites is 1. The Bertz CT molecular complexity index is 1460. The maximum Gasteiger partial charge on any atom is 0.245 e. The van der Waals surface area contributed by atoms with Crippen molar-refractivity contribution in [3.8, 4) is 5.75 Å². The number of hydrogen-bond donors (Lipinski definition) is 2. The van der Waals surface area contributed by atoms with Gasteiger partial charge in [0.25, 0.3) is 0 Å². The molecule has 0 unspecified atom stereocenters. The molecule has 33 heavy (non-hydrogen) atoms. The summed E-state index contributed by atoms with van der Waals surface area (Å²) in [7, 11) is -2.68. The number of halogens is 1. The van der Waals surface area contributed by atoms with Crippen LogP contribution < -0.4 is 14.8 Å². The van der Waals surface area contributed by atoms with Crippen LogP contribution in [0.25, 0.3) is 21.8 Å². The van der Waals surface area contributed by atoms with Crippen LogP contribution in [0.1, 0.15) is 13.8 Å². The number of rotatable bonds is 7. The van der Waals surface area contributed by atoms with Gasteiger partial charge in [-0.2, -0.15) is 4.72 Å². The van der Waals surface area contributed by atoms with Crippen molar-refractivity contribution >= 4 is 55.0 Å². The number of sulfonamides is 1. The Kier molecular flexibility index (Phi) is 6.34. The number of carbonyl (C=O) groups is 1. The fourth-order valence-corrected chi connectivity index (χ4v) is 5.57. The summed E-state index contributed by atoms with van der Waals surface area (Å²) in [5.41, 5.74) is 2.77. The summed E-state index contributed by atoms with van der Waals surface area (Å²) in [6.07, 6.45) is 0. The number of hydrogen-bond acceptors (Lipinski definition) is 4. The molecular formula is C24H24ClN3O4S. The van der Waals surface area contributed by atoms with E-state index in [1.807, 2.05) is 36.4 Å². The first-order valence-electron chi connectivity index (χ1n) is 10.4. The quantitative estimate of drug-likeness (QED) is 0.394. The van der Waals surface area contributed by atoms with Gasteiger partial charge in [0.15, 0.2) is 0 Å². The fourth-order valence-electron chi connectivity index (χ4n) is 3.93. The maximum absolute atomic E-state index is 12.9. The van der Waals surface area contributed by atoms with Crippen molar-refractivity contribution in [3.63, 3.8) is 0 Å². The van der Waals surface area contributed by atoms with Crippen molar-refractivity contribution in [2.24, 2.45) is 0 Å². The number of aryl methyl sites for hydroxylation is 1. The number of ether oxygens (including phenoxy) is 1. The highest BCUT2D eigenvalue weighted by Crippen LogP contribution is 2.31. The topological polar surface area (TPSA) is 89.4 Å². The molecule has 0 radical (unpaired) electrons. The third-order valence-electron chi connectivity index (χ3n) is 5.50. The second-order valence-corrected chi connectivity index (χ2v) is 9.74. The van der Waals surface area contributed by atoms with Gasteiger partial charge in [-0.25, -0.2) is 8.42 Å². The highest BCUT2D eigenvalue weighted by Gasteiger charge is 2.25. The number of fused-ring (bicyclic) bond motifs is 3. The van der Waals surface area contributed by atoms with Crippen LogP contribution in [-0.4, -0.2) is 32.0 Å². The molecule has 1 amide bonds. The molecule has 0 aliphatic rings. The molecule has 0 saturated heterocycles. The Balaban J connectivity index is 1.58. The number of anilines is 1. The average Bonchev–Trinajstić information content (AvgIpc) is 3.11. The Morgan fingerprint density at radius 3 is 2.52 bits per heavy atom. The second-order valence-electron chi connectivity index (χ2n) is 7.62. The van der Waals surface area contributed by atoms with Crippen molar-refractivity contribution in [1.29, 1.82) is 0 Å². The normalized spacial score (nSPS) is 12.7. The number of nitrogens with one attached hydrogen (secondary N) is 2. The lowest BCUT2D eigenvalue weighted by molar-refractivity contribution is -0.117. The first-order valence-corrected chi connectivity index (χ1v) is 12.3. The lowest BCUT2D eigenvalue weighted by Crippen LogP contribution is -2.41. The zero-order chi connectivity index (χ0) is 23.8. The predicted molar refractivity (Wildman–Crippen MR) is 132 cm³/mol. The standard InChI is InChI=1S/C24H24ClN3O4S/c1-4-28-20-8-6-5-7-18(20)19-14-17(10-11-21(19)28)26-24(29)15(2)27-33(30,31)23-13-16(25)9-12-22(23)32-3/h5-15,27H,4H2,1-3H3,(H,26,29)/t15-/m1/s1. The van der Waals surface area contributed by atoms with Gasteiger partial charge >= 0.3 is 0 Å². The summed E-state index contributed by atoms with van der Waals surface area (Å²) in [4.78, 5) is 12.7. The number of carbonyl (C=O) groups excluding carboxylic acids is 1. The third-order valence-corrected chi connectivity index (χ3v) is 7.29. The van der Waals surface area contributed by atoms with Crippen LogP contribution in [0.15, 0.2) is 65.6 Å². The first-order chi connectivity index (χ1) is 15.7. The molecule has 1 aromatic heterocycles. The minimum absolute atomic E-state index is 0.133. The van der Waals surface area contributed by atoms with E-state index in [0.717, 1.165) is 28.4 Å². The molecule has 0 bridgehead atoms. The Morgan fingerprint density at radius 2 is 1.79 bits per heavy atom. The second kappa shape index (κ2) is 9.05. The lowest BCUT2D eigenvalue weighted by atomic mass is 10.1. The summed E-state index contributed by atoms with van der Waals surface area (Å²) in [6, 6.07) is 17.0. The van der Waals surface area contributed by atoms with Gasteiger partial charge in [0, 0.05) is 39.1 Å². The molecule has 0 fully saturated rings. The van der Waals surface area contributed by atoms with Crippen LogP contribution in [0.5, 0.6) is 5.75 Å². The maximum atomic E-state index is 12.9. The molecule has 172 valence electrons. The summed E-state index contributed by atoms with van der Waals surface area (Å²) in [5.74, 6) is -0.351. The van der Waals surface area contributed by atoms with Crippen molar-refractivity contribution in [1.82, 2.24) is 9.29 Å². The summed E-state index contributed by atoms with van der Waals surface area (Å²) in [5, 5.41) is 5.16. The van der Waals surface area contributed by atoms with E-state index in [-0.39, 0.29) is 15.7 Å². The largest absolute Gasteiger partial charge is 0.495 e. The number of aromatic nitrogens is 1. The van der Waals surface area contributed by atoms with Crippen LogP contribution >= 0.6 is 11.6 Å². The van der Waals surface area contributed by atoms with Crippen LogP contribution in [0.2, 0.25) is 5.02 Å². The molecule has 4 aromatic rings. The van der Waals surface area contributed by atoms with Gasteiger partial charge in [-0.3, -0.25) is 4.79 Å². The highest BCUT2D eigenvalue weighted by atomic mass is 35.5. The molecule has 2 N–H and O–H groups in total. The Hall–Kier alpha value is -3.07. The molecule has 1 heterocycles. The van der Waals surface area contributed by atoms with Gasteiger partial charge in [-0.1, -0.05) is 29.8 Å².